The number of carbonyl (C=O) groups excluding carboxylic acids is 1. The fourth-order valence-electron chi connectivity index (χ4n) is 2.38. The molecule has 2 nitrogen and oxygen atoms in total. The van der Waals surface area contributed by atoms with Crippen LogP contribution < -0.4 is 0 Å². The summed E-state index contributed by atoms with van der Waals surface area (Å²) in [5, 5.41) is 0. The topological polar surface area (TPSA) is 20.3 Å². The monoisotopic (exact) mass is 229 g/mol. The molecule has 0 bridgehead atoms. The third-order valence-electron chi connectivity index (χ3n) is 3.31. The summed E-state index contributed by atoms with van der Waals surface area (Å²) >= 11 is 0. The molecule has 0 saturated heterocycles. The van der Waals surface area contributed by atoms with E-state index in [0.29, 0.717) is 12.2 Å². The van der Waals surface area contributed by atoms with Gasteiger partial charge in [0.15, 0.2) is 5.78 Å². The fourth-order valence-corrected chi connectivity index (χ4v) is 2.38. The van der Waals surface area contributed by atoms with E-state index in [2.05, 4.69) is 4.90 Å². The Kier molecular flexibility index (Phi) is 3.75. The Labute approximate surface area is 103 Å². The Morgan fingerprint density at radius 1 is 1.24 bits per heavy atom. The van der Waals surface area contributed by atoms with Gasteiger partial charge in [-0.05, 0) is 38.6 Å². The van der Waals surface area contributed by atoms with E-state index in [1.165, 1.54) is 0 Å². The van der Waals surface area contributed by atoms with Gasteiger partial charge in [-0.1, -0.05) is 30.3 Å². The first-order valence-electron chi connectivity index (χ1n) is 6.15. The summed E-state index contributed by atoms with van der Waals surface area (Å²) in [6, 6.07) is 10.4. The highest BCUT2D eigenvalue weighted by molar-refractivity contribution is 6.01. The average Bonchev–Trinajstić information content (AvgIpc) is 2.33. The Balaban J connectivity index is 2.32. The third kappa shape index (κ3) is 2.83. The normalized spacial score (nSPS) is 23.4. The van der Waals surface area contributed by atoms with E-state index in [4.69, 9.17) is 0 Å². The number of benzene rings is 1. The highest BCUT2D eigenvalue weighted by atomic mass is 16.1. The molecule has 0 spiro atoms. The molecule has 2 heteroatoms. The quantitative estimate of drug-likeness (QED) is 0.727. The summed E-state index contributed by atoms with van der Waals surface area (Å²) in [6.07, 6.45) is 4.83. The molecule has 1 unspecified atom stereocenters. The molecule has 90 valence electrons. The van der Waals surface area contributed by atoms with Crippen LogP contribution in [0.5, 0.6) is 0 Å². The lowest BCUT2D eigenvalue weighted by atomic mass is 9.87. The lowest BCUT2D eigenvalue weighted by Crippen LogP contribution is -2.35. The summed E-state index contributed by atoms with van der Waals surface area (Å²) in [5.41, 5.74) is 2.08. The summed E-state index contributed by atoms with van der Waals surface area (Å²) in [6.45, 7) is 0. The minimum Gasteiger partial charge on any atom is -0.302 e. The SMILES string of the molecule is CN(C)C1CCCC(=O)C1=Cc1ccccc1. The molecule has 0 amide bonds. The van der Waals surface area contributed by atoms with Crippen LogP contribution in [0.1, 0.15) is 24.8 Å². The standard InChI is InChI=1S/C15H19NO/c1-16(2)14-9-6-10-15(17)13(14)11-12-7-4-3-5-8-12/h3-5,7-8,11,14H,6,9-10H2,1-2H3. The smallest absolute Gasteiger partial charge is 0.160 e. The van der Waals surface area contributed by atoms with Crippen LogP contribution in [0, 0.1) is 0 Å². The van der Waals surface area contributed by atoms with Gasteiger partial charge in [-0.15, -0.1) is 0 Å². The molecule has 0 N–H and O–H groups in total. The number of likely N-dealkylation sites (N-methyl/N-ethyl adjacent to an activating group) is 1. The van der Waals surface area contributed by atoms with Gasteiger partial charge in [0.05, 0.1) is 0 Å². The molecule has 0 heterocycles. The van der Waals surface area contributed by atoms with Crippen molar-refractivity contribution >= 4 is 11.9 Å². The lowest BCUT2D eigenvalue weighted by Gasteiger charge is -2.30. The Bertz CT molecular complexity index is 420. The van der Waals surface area contributed by atoms with E-state index < -0.39 is 0 Å². The van der Waals surface area contributed by atoms with Crippen molar-refractivity contribution < 1.29 is 4.79 Å². The first-order chi connectivity index (χ1) is 8.18. The van der Waals surface area contributed by atoms with Crippen LogP contribution in [0.4, 0.5) is 0 Å². The van der Waals surface area contributed by atoms with Gasteiger partial charge in [-0.2, -0.15) is 0 Å². The average molecular weight is 229 g/mol. The summed E-state index contributed by atoms with van der Waals surface area (Å²) in [4.78, 5) is 14.2. The molecule has 1 fully saturated rings. The van der Waals surface area contributed by atoms with Gasteiger partial charge in [0.2, 0.25) is 0 Å². The van der Waals surface area contributed by atoms with Crippen LogP contribution in [0.25, 0.3) is 6.08 Å². The van der Waals surface area contributed by atoms with Crippen LogP contribution in [0.15, 0.2) is 35.9 Å². The van der Waals surface area contributed by atoms with Crippen molar-refractivity contribution in [1.29, 1.82) is 0 Å². The lowest BCUT2D eigenvalue weighted by molar-refractivity contribution is -0.117. The maximum atomic E-state index is 12.0. The zero-order valence-corrected chi connectivity index (χ0v) is 10.5. The van der Waals surface area contributed by atoms with Crippen molar-refractivity contribution in [1.82, 2.24) is 4.90 Å². The van der Waals surface area contributed by atoms with E-state index in [9.17, 15) is 4.79 Å². The number of Topliss-reactive ketones (excluding diaryl/α,β-unsaturated/α-hetero) is 1. The molecule has 1 saturated carbocycles. The maximum absolute atomic E-state index is 12.0. The van der Waals surface area contributed by atoms with Crippen molar-refractivity contribution in [2.24, 2.45) is 0 Å². The number of rotatable bonds is 2. The minimum atomic E-state index is 0.274. The number of hydrogen-bond donors (Lipinski definition) is 0. The van der Waals surface area contributed by atoms with Crippen molar-refractivity contribution in [2.45, 2.75) is 25.3 Å². The number of ketones is 1. The van der Waals surface area contributed by atoms with Gasteiger partial charge < -0.3 is 4.90 Å². The zero-order valence-electron chi connectivity index (χ0n) is 10.5. The summed E-state index contributed by atoms with van der Waals surface area (Å²) in [7, 11) is 4.09. The highest BCUT2D eigenvalue weighted by Crippen LogP contribution is 2.25. The van der Waals surface area contributed by atoms with Crippen molar-refractivity contribution in [3.05, 3.63) is 41.5 Å². The van der Waals surface area contributed by atoms with E-state index in [-0.39, 0.29) is 6.04 Å². The molecule has 0 aliphatic heterocycles. The van der Waals surface area contributed by atoms with Crippen LogP contribution in [-0.4, -0.2) is 30.8 Å². The Hall–Kier alpha value is -1.41. The van der Waals surface area contributed by atoms with E-state index in [0.717, 1.165) is 24.0 Å². The molecule has 0 aromatic heterocycles. The van der Waals surface area contributed by atoms with Gasteiger partial charge >= 0.3 is 0 Å². The number of nitrogens with zero attached hydrogens (tertiary/aromatic N) is 1. The van der Waals surface area contributed by atoms with Crippen molar-refractivity contribution in [3.63, 3.8) is 0 Å². The number of hydrogen-bond acceptors (Lipinski definition) is 2. The van der Waals surface area contributed by atoms with Gasteiger partial charge in [0.25, 0.3) is 0 Å². The molecule has 2 rings (SSSR count). The summed E-state index contributed by atoms with van der Waals surface area (Å²) < 4.78 is 0. The molecule has 0 radical (unpaired) electrons. The fraction of sp³-hybridized carbons (Fsp3) is 0.400. The molecular weight excluding hydrogens is 210 g/mol. The third-order valence-corrected chi connectivity index (χ3v) is 3.31. The second kappa shape index (κ2) is 5.28. The maximum Gasteiger partial charge on any atom is 0.160 e. The van der Waals surface area contributed by atoms with E-state index >= 15 is 0 Å². The second-order valence-corrected chi connectivity index (χ2v) is 4.81. The van der Waals surface area contributed by atoms with Gasteiger partial charge in [-0.3, -0.25) is 4.79 Å². The molecule has 1 aliphatic rings. The van der Waals surface area contributed by atoms with Crippen LogP contribution in [0.2, 0.25) is 0 Å². The molecule has 17 heavy (non-hydrogen) atoms. The predicted octanol–water partition coefficient (Wildman–Crippen LogP) is 2.75. The van der Waals surface area contributed by atoms with E-state index in [1.807, 2.05) is 50.5 Å². The second-order valence-electron chi connectivity index (χ2n) is 4.81. The van der Waals surface area contributed by atoms with Crippen LogP contribution in [0.3, 0.4) is 0 Å². The van der Waals surface area contributed by atoms with Crippen LogP contribution in [-0.2, 0) is 4.79 Å². The van der Waals surface area contributed by atoms with Crippen LogP contribution >= 0.6 is 0 Å². The highest BCUT2D eigenvalue weighted by Gasteiger charge is 2.26. The van der Waals surface area contributed by atoms with Gasteiger partial charge in [0, 0.05) is 18.0 Å². The first-order valence-corrected chi connectivity index (χ1v) is 6.15. The number of carbonyl (C=O) groups is 1. The molecular formula is C15H19NO. The predicted molar refractivity (Wildman–Crippen MR) is 70.8 cm³/mol. The largest absolute Gasteiger partial charge is 0.302 e. The molecule has 1 aromatic rings. The van der Waals surface area contributed by atoms with Gasteiger partial charge in [-0.25, -0.2) is 0 Å². The van der Waals surface area contributed by atoms with Crippen molar-refractivity contribution in [3.8, 4) is 0 Å². The Morgan fingerprint density at radius 3 is 2.59 bits per heavy atom. The zero-order chi connectivity index (χ0) is 12.3. The Morgan fingerprint density at radius 2 is 1.94 bits per heavy atom. The summed E-state index contributed by atoms with van der Waals surface area (Å²) in [5.74, 6) is 0.304. The van der Waals surface area contributed by atoms with E-state index in [1.54, 1.807) is 0 Å². The molecule has 1 atom stereocenters. The molecule has 1 aliphatic carbocycles. The van der Waals surface area contributed by atoms with Gasteiger partial charge in [0.1, 0.15) is 0 Å². The van der Waals surface area contributed by atoms with Crippen molar-refractivity contribution in [2.75, 3.05) is 14.1 Å². The minimum absolute atomic E-state index is 0.274. The molecule has 1 aromatic carbocycles. The first kappa shape index (κ1) is 12.1.